The van der Waals surface area contributed by atoms with E-state index < -0.39 is 11.7 Å². The van der Waals surface area contributed by atoms with Crippen molar-refractivity contribution in [2.75, 3.05) is 0 Å². The summed E-state index contributed by atoms with van der Waals surface area (Å²) in [7, 11) is 1.90. The van der Waals surface area contributed by atoms with Gasteiger partial charge in [0.25, 0.3) is 0 Å². The molecule has 0 fully saturated rings. The van der Waals surface area contributed by atoms with Gasteiger partial charge in [-0.05, 0) is 18.2 Å². The summed E-state index contributed by atoms with van der Waals surface area (Å²) in [4.78, 5) is 0. The maximum absolute atomic E-state index is 12.9. The van der Waals surface area contributed by atoms with Crippen LogP contribution in [0.2, 0.25) is 0 Å². The van der Waals surface area contributed by atoms with Crippen LogP contribution < -0.4 is 4.74 Å². The van der Waals surface area contributed by atoms with Crippen molar-refractivity contribution in [3.8, 4) is 5.75 Å². The van der Waals surface area contributed by atoms with Crippen LogP contribution in [-0.2, 0) is 19.8 Å². The van der Waals surface area contributed by atoms with E-state index in [1.54, 1.807) is 0 Å². The second-order valence-electron chi connectivity index (χ2n) is 5.06. The van der Waals surface area contributed by atoms with Gasteiger partial charge in [-0.2, -0.15) is 13.2 Å². The van der Waals surface area contributed by atoms with Crippen LogP contribution in [-0.4, -0.2) is 4.57 Å². The van der Waals surface area contributed by atoms with Gasteiger partial charge in [-0.15, -0.1) is 0 Å². The smallest absolute Gasteiger partial charge is 0.419 e. The third-order valence-electron chi connectivity index (χ3n) is 3.56. The fraction of sp³-hybridized carbons (Fsp3) is 0.176. The van der Waals surface area contributed by atoms with Crippen molar-refractivity contribution in [3.05, 3.63) is 65.9 Å². The van der Waals surface area contributed by atoms with Gasteiger partial charge in [0, 0.05) is 29.7 Å². The number of para-hydroxylation sites is 2. The SMILES string of the molecule is Cn1cc(COc2ccccc2C(F)(F)F)c2ccccc21. The number of hydrogen-bond donors (Lipinski definition) is 0. The molecule has 0 bridgehead atoms. The van der Waals surface area contributed by atoms with E-state index in [9.17, 15) is 13.2 Å². The molecule has 0 saturated carbocycles. The molecule has 2 nitrogen and oxygen atoms in total. The Bertz CT molecular complexity index is 805. The Morgan fingerprint density at radius 1 is 1.00 bits per heavy atom. The Labute approximate surface area is 125 Å². The number of ether oxygens (including phenoxy) is 1. The predicted octanol–water partition coefficient (Wildman–Crippen LogP) is 4.78. The summed E-state index contributed by atoms with van der Waals surface area (Å²) in [6.07, 6.45) is -2.55. The van der Waals surface area contributed by atoms with Gasteiger partial charge in [-0.3, -0.25) is 0 Å². The summed E-state index contributed by atoms with van der Waals surface area (Å²) in [5, 5.41) is 0.981. The molecule has 0 aliphatic carbocycles. The Morgan fingerprint density at radius 3 is 2.45 bits per heavy atom. The molecule has 0 aliphatic heterocycles. The summed E-state index contributed by atoms with van der Waals surface area (Å²) >= 11 is 0. The highest BCUT2D eigenvalue weighted by Gasteiger charge is 2.34. The molecule has 0 spiro atoms. The molecule has 0 amide bonds. The van der Waals surface area contributed by atoms with Crippen molar-refractivity contribution in [1.82, 2.24) is 4.57 Å². The highest BCUT2D eigenvalue weighted by Crippen LogP contribution is 2.36. The number of nitrogens with zero attached hydrogens (tertiary/aromatic N) is 1. The average Bonchev–Trinajstić information content (AvgIpc) is 2.82. The first-order chi connectivity index (χ1) is 10.5. The number of alkyl halides is 3. The van der Waals surface area contributed by atoms with Gasteiger partial charge in [0.2, 0.25) is 0 Å². The molecule has 1 heterocycles. The zero-order valence-corrected chi connectivity index (χ0v) is 11.9. The Kier molecular flexibility index (Phi) is 3.56. The molecule has 2 aromatic carbocycles. The lowest BCUT2D eigenvalue weighted by atomic mass is 10.2. The summed E-state index contributed by atoms with van der Waals surface area (Å²) in [6, 6.07) is 13.0. The monoisotopic (exact) mass is 305 g/mol. The van der Waals surface area contributed by atoms with E-state index in [2.05, 4.69) is 0 Å². The number of benzene rings is 2. The molecule has 0 N–H and O–H groups in total. The van der Waals surface area contributed by atoms with E-state index in [1.807, 2.05) is 42.1 Å². The van der Waals surface area contributed by atoms with Crippen LogP contribution in [0.25, 0.3) is 10.9 Å². The van der Waals surface area contributed by atoms with Gasteiger partial charge in [0.05, 0.1) is 5.56 Å². The van der Waals surface area contributed by atoms with Crippen molar-refractivity contribution >= 4 is 10.9 Å². The molecule has 0 atom stereocenters. The molecule has 0 unspecified atom stereocenters. The first-order valence-corrected chi connectivity index (χ1v) is 6.79. The Morgan fingerprint density at radius 2 is 1.68 bits per heavy atom. The van der Waals surface area contributed by atoms with E-state index in [1.165, 1.54) is 18.2 Å². The lowest BCUT2D eigenvalue weighted by Gasteiger charge is -2.13. The van der Waals surface area contributed by atoms with E-state index in [-0.39, 0.29) is 12.4 Å². The van der Waals surface area contributed by atoms with Gasteiger partial charge in [-0.25, -0.2) is 0 Å². The van der Waals surface area contributed by atoms with Crippen LogP contribution in [0.3, 0.4) is 0 Å². The molecule has 0 radical (unpaired) electrons. The molecule has 114 valence electrons. The fourth-order valence-corrected chi connectivity index (χ4v) is 2.52. The summed E-state index contributed by atoms with van der Waals surface area (Å²) < 4.78 is 46.2. The molecular formula is C17H14F3NO. The highest BCUT2D eigenvalue weighted by atomic mass is 19.4. The van der Waals surface area contributed by atoms with Crippen molar-refractivity contribution in [3.63, 3.8) is 0 Å². The third-order valence-corrected chi connectivity index (χ3v) is 3.56. The van der Waals surface area contributed by atoms with E-state index in [0.717, 1.165) is 22.5 Å². The van der Waals surface area contributed by atoms with E-state index in [0.29, 0.717) is 0 Å². The number of halogens is 3. The first-order valence-electron chi connectivity index (χ1n) is 6.79. The minimum absolute atomic E-state index is 0.0917. The van der Waals surface area contributed by atoms with Crippen LogP contribution in [0.5, 0.6) is 5.75 Å². The van der Waals surface area contributed by atoms with Crippen LogP contribution >= 0.6 is 0 Å². The Balaban J connectivity index is 1.89. The molecule has 5 heteroatoms. The van der Waals surface area contributed by atoms with E-state index >= 15 is 0 Å². The van der Waals surface area contributed by atoms with Gasteiger partial charge >= 0.3 is 6.18 Å². The number of aromatic nitrogens is 1. The van der Waals surface area contributed by atoms with Crippen LogP contribution in [0, 0.1) is 0 Å². The normalized spacial score (nSPS) is 11.8. The molecular weight excluding hydrogens is 291 g/mol. The lowest BCUT2D eigenvalue weighted by Crippen LogP contribution is -2.08. The Hall–Kier alpha value is -2.43. The molecule has 0 saturated heterocycles. The van der Waals surface area contributed by atoms with E-state index in [4.69, 9.17) is 4.74 Å². The lowest BCUT2D eigenvalue weighted by molar-refractivity contribution is -0.139. The number of rotatable bonds is 3. The zero-order valence-electron chi connectivity index (χ0n) is 11.9. The van der Waals surface area contributed by atoms with Gasteiger partial charge in [0.15, 0.2) is 0 Å². The van der Waals surface area contributed by atoms with Crippen molar-refractivity contribution in [2.45, 2.75) is 12.8 Å². The molecule has 1 aromatic heterocycles. The van der Waals surface area contributed by atoms with Crippen LogP contribution in [0.1, 0.15) is 11.1 Å². The van der Waals surface area contributed by atoms with Crippen LogP contribution in [0.15, 0.2) is 54.7 Å². The first kappa shape index (κ1) is 14.5. The van der Waals surface area contributed by atoms with Gasteiger partial charge < -0.3 is 9.30 Å². The summed E-state index contributed by atoms with van der Waals surface area (Å²) in [6.45, 7) is 0.0917. The maximum Gasteiger partial charge on any atom is 0.419 e. The largest absolute Gasteiger partial charge is 0.488 e. The minimum Gasteiger partial charge on any atom is -0.488 e. The van der Waals surface area contributed by atoms with Crippen molar-refractivity contribution < 1.29 is 17.9 Å². The molecule has 0 aliphatic rings. The van der Waals surface area contributed by atoms with Gasteiger partial charge in [-0.1, -0.05) is 30.3 Å². The minimum atomic E-state index is -4.42. The predicted molar refractivity (Wildman–Crippen MR) is 78.7 cm³/mol. The summed E-state index contributed by atoms with van der Waals surface area (Å²) in [5.41, 5.74) is 1.12. The number of aryl methyl sites for hydroxylation is 1. The summed E-state index contributed by atoms with van der Waals surface area (Å²) in [5.74, 6) is -0.150. The third kappa shape index (κ3) is 2.66. The molecule has 22 heavy (non-hydrogen) atoms. The second kappa shape index (κ2) is 5.40. The van der Waals surface area contributed by atoms with Crippen LogP contribution in [0.4, 0.5) is 13.2 Å². The molecule has 3 rings (SSSR count). The van der Waals surface area contributed by atoms with Crippen molar-refractivity contribution in [1.29, 1.82) is 0 Å². The zero-order chi connectivity index (χ0) is 15.7. The topological polar surface area (TPSA) is 14.2 Å². The van der Waals surface area contributed by atoms with Crippen molar-refractivity contribution in [2.24, 2.45) is 7.05 Å². The number of hydrogen-bond acceptors (Lipinski definition) is 1. The second-order valence-corrected chi connectivity index (χ2v) is 5.06. The highest BCUT2D eigenvalue weighted by molar-refractivity contribution is 5.83. The quantitative estimate of drug-likeness (QED) is 0.679. The fourth-order valence-electron chi connectivity index (χ4n) is 2.52. The average molecular weight is 305 g/mol. The number of fused-ring (bicyclic) bond motifs is 1. The molecule has 3 aromatic rings. The maximum atomic E-state index is 12.9. The van der Waals surface area contributed by atoms with Gasteiger partial charge in [0.1, 0.15) is 12.4 Å². The standard InChI is InChI=1S/C17H14F3NO/c1-21-10-12(13-6-2-4-8-15(13)21)11-22-16-9-5-3-7-14(16)17(18,19)20/h2-10H,11H2,1H3.